The Labute approximate surface area is 421 Å². The molecule has 0 bridgehead atoms. The Morgan fingerprint density at radius 2 is 1.25 bits per heavy atom. The second kappa shape index (κ2) is 19.7. The molecule has 5 aliphatic carbocycles. The van der Waals surface area contributed by atoms with Crippen molar-refractivity contribution in [2.24, 2.45) is 50.2 Å². The largest absolute Gasteiger partial charge is 0.432 e. The molecule has 4 saturated carbocycles. The molecule has 11 N–H and O–H groups in total. The smallest absolute Gasteiger partial charge is 0.315 e. The van der Waals surface area contributed by atoms with Gasteiger partial charge in [0.05, 0.1) is 37.4 Å². The fraction of sp³-hybridized carbons (Fsp3) is 0.942. The summed E-state index contributed by atoms with van der Waals surface area (Å²) in [5, 5.41) is 118. The molecule has 0 aromatic heterocycles. The fourth-order valence-corrected chi connectivity index (χ4v) is 15.9. The first kappa shape index (κ1) is 55.3. The van der Waals surface area contributed by atoms with E-state index in [1.165, 1.54) is 12.5 Å². The van der Waals surface area contributed by atoms with Crippen molar-refractivity contribution in [1.82, 2.24) is 0 Å². The minimum absolute atomic E-state index is 0.0562. The van der Waals surface area contributed by atoms with Crippen LogP contribution in [0.1, 0.15) is 120 Å². The topological polar surface area (TPSA) is 313 Å². The van der Waals surface area contributed by atoms with E-state index in [9.17, 15) is 61.0 Å². The van der Waals surface area contributed by atoms with E-state index in [4.69, 9.17) is 37.9 Å². The number of allylic oxidation sites excluding steroid dienone is 2. The molecule has 0 spiro atoms. The van der Waals surface area contributed by atoms with E-state index in [-0.39, 0.29) is 58.7 Å². The molecule has 3 unspecified atom stereocenters. The summed E-state index contributed by atoms with van der Waals surface area (Å²) in [5.41, 5.74) is -0.574. The van der Waals surface area contributed by atoms with Crippen molar-refractivity contribution in [1.29, 1.82) is 0 Å². The summed E-state index contributed by atoms with van der Waals surface area (Å²) in [7, 11) is 0. The molecule has 0 amide bonds. The summed E-state index contributed by atoms with van der Waals surface area (Å²) in [5.74, 6) is -0.131. The van der Waals surface area contributed by atoms with Gasteiger partial charge < -0.3 is 94.1 Å². The predicted octanol–water partition coefficient (Wildman–Crippen LogP) is 0.271. The van der Waals surface area contributed by atoms with Crippen LogP contribution in [0.15, 0.2) is 11.6 Å². The lowest BCUT2D eigenvalue weighted by molar-refractivity contribution is -0.371. The van der Waals surface area contributed by atoms with Crippen LogP contribution in [0.4, 0.5) is 0 Å². The number of rotatable bonds is 9. The van der Waals surface area contributed by atoms with Crippen LogP contribution in [-0.2, 0) is 42.7 Å². The third-order valence-electron chi connectivity index (χ3n) is 20.6. The van der Waals surface area contributed by atoms with Gasteiger partial charge in [-0.2, -0.15) is 0 Å². The van der Waals surface area contributed by atoms with Crippen molar-refractivity contribution in [2.75, 3.05) is 19.8 Å². The third-order valence-corrected chi connectivity index (χ3v) is 20.6. The van der Waals surface area contributed by atoms with Crippen molar-refractivity contribution in [3.05, 3.63) is 11.6 Å². The fourth-order valence-electron chi connectivity index (χ4n) is 15.9. The Kier molecular flexibility index (Phi) is 15.2. The van der Waals surface area contributed by atoms with E-state index in [1.807, 2.05) is 0 Å². The molecule has 4 aliphatic heterocycles. The molecule has 0 radical (unpaired) electrons. The number of carbonyl (C=O) groups excluding carboxylic acids is 1. The van der Waals surface area contributed by atoms with Gasteiger partial charge >= 0.3 is 5.97 Å². The lowest BCUT2D eigenvalue weighted by atomic mass is 9.33. The van der Waals surface area contributed by atoms with Gasteiger partial charge in [-0.25, -0.2) is 0 Å². The number of aliphatic hydroxyl groups excluding tert-OH is 11. The predicted molar refractivity (Wildman–Crippen MR) is 249 cm³/mol. The molecule has 4 heterocycles. The van der Waals surface area contributed by atoms with Gasteiger partial charge in [0.2, 0.25) is 6.29 Å². The highest BCUT2D eigenvalue weighted by Gasteiger charge is 2.70. The molecule has 412 valence electrons. The molecule has 0 aromatic carbocycles. The lowest BCUT2D eigenvalue weighted by Gasteiger charge is -2.71. The Bertz CT molecular complexity index is 1990. The Balaban J connectivity index is 0.897. The van der Waals surface area contributed by atoms with Gasteiger partial charge in [0.25, 0.3) is 0 Å². The van der Waals surface area contributed by atoms with Gasteiger partial charge in [-0.15, -0.1) is 0 Å². The van der Waals surface area contributed by atoms with E-state index in [0.29, 0.717) is 19.3 Å². The summed E-state index contributed by atoms with van der Waals surface area (Å²) >= 11 is 0. The SMILES string of the molecule is C[C@@H]1O[C@@H](O[C@@H]2[C@@H](O)[C@H](O[C@H]3CC[C@@]4(C)C(CC[C@]5(C)C4CC=C4C6CC(C)(C)CC[C@]6(C(=O)O[C@@H]6O[C@H](CO)[C@@H](O)[C@H](O)[C@H]6O)CC[C@]45C)C3(C)C)OC[C@@H]2O)[C@H](O)[C@H](O[C@@H]2OC[C@@H](O)[C@H](O)[C@H]2O)[C@H]1O. The average Bonchev–Trinajstić information content (AvgIpc) is 3.32. The van der Waals surface area contributed by atoms with Crippen molar-refractivity contribution in [3.8, 4) is 0 Å². The molecule has 20 nitrogen and oxygen atoms in total. The van der Waals surface area contributed by atoms with Gasteiger partial charge in [0.15, 0.2) is 18.9 Å². The minimum atomic E-state index is -1.72. The number of fused-ring (bicyclic) bond motifs is 7. The van der Waals surface area contributed by atoms with Crippen LogP contribution in [-0.4, -0.2) is 199 Å². The molecular weight excluding hydrogens is 945 g/mol. The Hall–Kier alpha value is -1.51. The number of hydrogen-bond donors (Lipinski definition) is 11. The summed E-state index contributed by atoms with van der Waals surface area (Å²) < 4.78 is 47.4. The molecule has 8 fully saturated rings. The Morgan fingerprint density at radius 1 is 0.625 bits per heavy atom. The number of hydrogen-bond acceptors (Lipinski definition) is 20. The Morgan fingerprint density at radius 3 is 1.94 bits per heavy atom. The maximum Gasteiger partial charge on any atom is 0.315 e. The molecule has 20 heteroatoms. The normalized spacial score (nSPS) is 54.2. The first-order valence-electron chi connectivity index (χ1n) is 26.5. The first-order valence-corrected chi connectivity index (χ1v) is 26.5. The van der Waals surface area contributed by atoms with Crippen molar-refractivity contribution in [2.45, 2.75) is 236 Å². The zero-order chi connectivity index (χ0) is 52.4. The quantitative estimate of drug-likeness (QED) is 0.0839. The molecule has 9 aliphatic rings. The molecule has 26 atom stereocenters. The van der Waals surface area contributed by atoms with Gasteiger partial charge in [0.1, 0.15) is 79.4 Å². The van der Waals surface area contributed by atoms with Crippen LogP contribution in [0.25, 0.3) is 0 Å². The zero-order valence-electron chi connectivity index (χ0n) is 43.1. The van der Waals surface area contributed by atoms with Crippen LogP contribution in [0.5, 0.6) is 0 Å². The number of aliphatic hydroxyl groups is 11. The molecule has 4 saturated heterocycles. The van der Waals surface area contributed by atoms with E-state index in [1.54, 1.807) is 0 Å². The average molecular weight is 1030 g/mol. The van der Waals surface area contributed by atoms with E-state index < -0.39 is 134 Å². The van der Waals surface area contributed by atoms with Gasteiger partial charge in [-0.05, 0) is 116 Å². The van der Waals surface area contributed by atoms with Crippen LogP contribution in [0, 0.1) is 50.2 Å². The van der Waals surface area contributed by atoms with Crippen LogP contribution in [0.2, 0.25) is 0 Å². The van der Waals surface area contributed by atoms with Crippen molar-refractivity contribution >= 4 is 5.97 Å². The van der Waals surface area contributed by atoms with Crippen LogP contribution < -0.4 is 0 Å². The van der Waals surface area contributed by atoms with Crippen molar-refractivity contribution < 1.29 is 98.9 Å². The number of ether oxygens (including phenoxy) is 8. The monoisotopic (exact) mass is 1030 g/mol. The highest BCUT2D eigenvalue weighted by atomic mass is 16.8. The number of esters is 1. The van der Waals surface area contributed by atoms with E-state index in [2.05, 4.69) is 54.5 Å². The maximum atomic E-state index is 14.7. The zero-order valence-corrected chi connectivity index (χ0v) is 43.1. The summed E-state index contributed by atoms with van der Waals surface area (Å²) in [4.78, 5) is 14.7. The van der Waals surface area contributed by atoms with Crippen LogP contribution in [0.3, 0.4) is 0 Å². The van der Waals surface area contributed by atoms with E-state index in [0.717, 1.165) is 44.9 Å². The summed E-state index contributed by atoms with van der Waals surface area (Å²) in [6, 6.07) is 0. The van der Waals surface area contributed by atoms with Gasteiger partial charge in [-0.1, -0.05) is 60.1 Å². The number of carbonyl (C=O) groups is 1. The first-order chi connectivity index (χ1) is 33.7. The molecule has 72 heavy (non-hydrogen) atoms. The highest BCUT2D eigenvalue weighted by molar-refractivity contribution is 5.79. The van der Waals surface area contributed by atoms with Gasteiger partial charge in [0, 0.05) is 0 Å². The van der Waals surface area contributed by atoms with Gasteiger partial charge in [-0.3, -0.25) is 4.79 Å². The minimum Gasteiger partial charge on any atom is -0.432 e. The summed E-state index contributed by atoms with van der Waals surface area (Å²) in [6.45, 7) is 16.5. The standard InChI is InChI=1S/C52H84O20/c1-23-32(56)41(71-42-36(60)33(57)26(54)21-65-42)39(63)45(67-23)70-40-27(55)22-66-43(38(40)62)69-31-12-13-49(6)29(48(31,4)5)11-14-51(8)30(49)10-9-24-25-19-47(2,3)15-17-52(25,18-16-50(24,51)7)46(64)72-44-37(61)35(59)34(58)28(20-53)68-44/h9,23,25-45,53-63H,10-22H2,1-8H3/t23-,25?,26+,27-,28+,29?,30?,31-,32-,33-,34+,35-,36+,37+,38+,39+,40-,41+,42-,43-,44-,45-,49-,50+,51+,52-/m0/s1. The lowest BCUT2D eigenvalue weighted by Crippen LogP contribution is -2.66. The molecule has 0 aromatic rings. The third kappa shape index (κ3) is 8.87. The second-order valence-electron chi connectivity index (χ2n) is 25.4. The second-order valence-corrected chi connectivity index (χ2v) is 25.4. The van der Waals surface area contributed by atoms with E-state index >= 15 is 0 Å². The van der Waals surface area contributed by atoms with Crippen LogP contribution >= 0.6 is 0 Å². The highest BCUT2D eigenvalue weighted by Crippen LogP contribution is 2.76. The summed E-state index contributed by atoms with van der Waals surface area (Å²) in [6.07, 6.45) is -16.8. The molecular formula is C52H84O20. The molecule has 9 rings (SSSR count). The van der Waals surface area contributed by atoms with Crippen molar-refractivity contribution in [3.63, 3.8) is 0 Å². The maximum absolute atomic E-state index is 14.7.